The fourth-order valence-electron chi connectivity index (χ4n) is 1.22. The van der Waals surface area contributed by atoms with Crippen LogP contribution in [0, 0.1) is 0 Å². The number of rotatable bonds is 7. The van der Waals surface area contributed by atoms with Gasteiger partial charge in [-0.05, 0) is 13.3 Å². The zero-order valence-corrected chi connectivity index (χ0v) is 10.1. The van der Waals surface area contributed by atoms with Gasteiger partial charge in [0, 0.05) is 19.7 Å². The van der Waals surface area contributed by atoms with Crippen molar-refractivity contribution < 1.29 is 9.47 Å². The molecule has 0 saturated carbocycles. The van der Waals surface area contributed by atoms with Crippen LogP contribution >= 0.6 is 0 Å². The molecule has 0 radical (unpaired) electrons. The molecular formula is C11H19N3O2. The third kappa shape index (κ3) is 4.02. The van der Waals surface area contributed by atoms with Gasteiger partial charge in [-0.3, -0.25) is 0 Å². The first-order chi connectivity index (χ1) is 7.80. The quantitative estimate of drug-likeness (QED) is 0.767. The number of ether oxygens (including phenoxy) is 2. The summed E-state index contributed by atoms with van der Waals surface area (Å²) in [6, 6.07) is 1.80. The molecule has 0 unspecified atom stereocenters. The number of hydrogen-bond acceptors (Lipinski definition) is 5. The normalized spacial score (nSPS) is 10.2. The third-order valence-corrected chi connectivity index (χ3v) is 1.83. The van der Waals surface area contributed by atoms with Crippen molar-refractivity contribution >= 4 is 5.82 Å². The van der Waals surface area contributed by atoms with Crippen LogP contribution in [-0.2, 0) is 11.3 Å². The maximum Gasteiger partial charge on any atom is 0.218 e. The van der Waals surface area contributed by atoms with Crippen molar-refractivity contribution in [3.05, 3.63) is 11.9 Å². The highest BCUT2D eigenvalue weighted by atomic mass is 16.5. The highest BCUT2D eigenvalue weighted by molar-refractivity contribution is 5.38. The molecule has 0 aromatic carbocycles. The van der Waals surface area contributed by atoms with Crippen LogP contribution in [0.4, 0.5) is 5.82 Å². The first-order valence-electron chi connectivity index (χ1n) is 5.53. The van der Waals surface area contributed by atoms with E-state index in [1.54, 1.807) is 13.2 Å². The number of methoxy groups -OCH3 is 1. The van der Waals surface area contributed by atoms with E-state index in [9.17, 15) is 0 Å². The Morgan fingerprint density at radius 3 is 2.75 bits per heavy atom. The van der Waals surface area contributed by atoms with Gasteiger partial charge in [0.2, 0.25) is 5.88 Å². The van der Waals surface area contributed by atoms with Crippen molar-refractivity contribution in [3.8, 4) is 5.88 Å². The van der Waals surface area contributed by atoms with E-state index in [2.05, 4.69) is 22.2 Å². The van der Waals surface area contributed by atoms with Crippen molar-refractivity contribution in [2.24, 2.45) is 0 Å². The number of hydrogen-bond donors (Lipinski definition) is 1. The van der Waals surface area contributed by atoms with Gasteiger partial charge in [-0.25, -0.2) is 4.98 Å². The molecule has 5 nitrogen and oxygen atoms in total. The molecule has 0 aliphatic heterocycles. The van der Waals surface area contributed by atoms with E-state index >= 15 is 0 Å². The molecule has 0 saturated heterocycles. The lowest BCUT2D eigenvalue weighted by Crippen LogP contribution is -2.07. The van der Waals surface area contributed by atoms with Gasteiger partial charge in [0.25, 0.3) is 0 Å². The second-order valence-electron chi connectivity index (χ2n) is 3.32. The molecule has 0 bridgehead atoms. The lowest BCUT2D eigenvalue weighted by Gasteiger charge is -2.09. The Morgan fingerprint density at radius 1 is 1.31 bits per heavy atom. The summed E-state index contributed by atoms with van der Waals surface area (Å²) in [6.07, 6.45) is 0.958. The van der Waals surface area contributed by atoms with Gasteiger partial charge in [-0.1, -0.05) is 6.92 Å². The highest BCUT2D eigenvalue weighted by Crippen LogP contribution is 2.14. The second kappa shape index (κ2) is 7.00. The molecule has 1 heterocycles. The molecule has 1 aromatic rings. The Hall–Kier alpha value is -1.36. The van der Waals surface area contributed by atoms with Crippen LogP contribution in [0.5, 0.6) is 5.88 Å². The van der Waals surface area contributed by atoms with E-state index in [0.717, 1.165) is 18.8 Å². The zero-order chi connectivity index (χ0) is 11.8. The average molecular weight is 225 g/mol. The van der Waals surface area contributed by atoms with Crippen molar-refractivity contribution in [2.45, 2.75) is 26.9 Å². The van der Waals surface area contributed by atoms with E-state index in [1.807, 2.05) is 6.92 Å². The third-order valence-electron chi connectivity index (χ3n) is 1.83. The fraction of sp³-hybridized carbons (Fsp3) is 0.636. The van der Waals surface area contributed by atoms with E-state index in [-0.39, 0.29) is 0 Å². The summed E-state index contributed by atoms with van der Waals surface area (Å²) in [5.74, 6) is 2.00. The predicted octanol–water partition coefficient (Wildman–Crippen LogP) is 1.84. The molecule has 1 aromatic heterocycles. The van der Waals surface area contributed by atoms with Gasteiger partial charge < -0.3 is 14.8 Å². The molecule has 0 aliphatic carbocycles. The van der Waals surface area contributed by atoms with E-state index in [1.165, 1.54) is 0 Å². The minimum atomic E-state index is 0.391. The summed E-state index contributed by atoms with van der Waals surface area (Å²) in [4.78, 5) is 8.54. The number of anilines is 1. The minimum Gasteiger partial charge on any atom is -0.478 e. The van der Waals surface area contributed by atoms with Crippen LogP contribution in [0.2, 0.25) is 0 Å². The maximum absolute atomic E-state index is 5.48. The molecule has 5 heteroatoms. The van der Waals surface area contributed by atoms with Crippen molar-refractivity contribution in [1.29, 1.82) is 0 Å². The molecule has 0 amide bonds. The largest absolute Gasteiger partial charge is 0.478 e. The monoisotopic (exact) mass is 225 g/mol. The Balaban J connectivity index is 2.80. The van der Waals surface area contributed by atoms with E-state index in [0.29, 0.717) is 24.9 Å². The highest BCUT2D eigenvalue weighted by Gasteiger charge is 2.04. The number of aromatic nitrogens is 2. The van der Waals surface area contributed by atoms with E-state index < -0.39 is 0 Å². The summed E-state index contributed by atoms with van der Waals surface area (Å²) in [7, 11) is 1.62. The van der Waals surface area contributed by atoms with Gasteiger partial charge in [0.1, 0.15) is 12.4 Å². The van der Waals surface area contributed by atoms with Gasteiger partial charge in [-0.2, -0.15) is 4.98 Å². The Morgan fingerprint density at radius 2 is 2.12 bits per heavy atom. The van der Waals surface area contributed by atoms with Crippen molar-refractivity contribution in [1.82, 2.24) is 9.97 Å². The zero-order valence-electron chi connectivity index (χ0n) is 10.1. The molecule has 0 aliphatic rings. The van der Waals surface area contributed by atoms with Gasteiger partial charge >= 0.3 is 0 Å². The topological polar surface area (TPSA) is 56.3 Å². The smallest absolute Gasteiger partial charge is 0.218 e. The lowest BCUT2D eigenvalue weighted by atomic mass is 10.5. The molecule has 90 valence electrons. The lowest BCUT2D eigenvalue weighted by molar-refractivity contribution is 0.176. The molecular weight excluding hydrogens is 206 g/mol. The standard InChI is InChI=1S/C11H19N3O2/c1-4-6-16-11-7-9(12-5-2)13-10(14-11)8-15-3/h7H,4-6,8H2,1-3H3,(H,12,13,14). The maximum atomic E-state index is 5.48. The average Bonchev–Trinajstić information content (AvgIpc) is 2.27. The SMILES string of the molecule is CCCOc1cc(NCC)nc(COC)n1. The van der Waals surface area contributed by atoms with Gasteiger partial charge in [-0.15, -0.1) is 0 Å². The summed E-state index contributed by atoms with van der Waals surface area (Å²) in [6.45, 7) is 5.94. The molecule has 1 rings (SSSR count). The molecule has 16 heavy (non-hydrogen) atoms. The Bertz CT molecular complexity index is 294. The number of nitrogens with one attached hydrogen (secondary N) is 1. The van der Waals surface area contributed by atoms with Gasteiger partial charge in [0.15, 0.2) is 5.82 Å². The Kier molecular flexibility index (Phi) is 5.56. The summed E-state index contributed by atoms with van der Waals surface area (Å²) in [5.41, 5.74) is 0. The van der Waals surface area contributed by atoms with Crippen molar-refractivity contribution in [3.63, 3.8) is 0 Å². The van der Waals surface area contributed by atoms with Crippen LogP contribution in [0.15, 0.2) is 6.07 Å². The summed E-state index contributed by atoms with van der Waals surface area (Å²) < 4.78 is 10.5. The van der Waals surface area contributed by atoms with Crippen LogP contribution in [-0.4, -0.2) is 30.2 Å². The summed E-state index contributed by atoms with van der Waals surface area (Å²) in [5, 5.41) is 3.14. The molecule has 0 atom stereocenters. The minimum absolute atomic E-state index is 0.391. The predicted molar refractivity (Wildman–Crippen MR) is 62.7 cm³/mol. The molecule has 0 spiro atoms. The van der Waals surface area contributed by atoms with Gasteiger partial charge in [0.05, 0.1) is 6.61 Å². The van der Waals surface area contributed by atoms with Crippen LogP contribution in [0.3, 0.4) is 0 Å². The van der Waals surface area contributed by atoms with Crippen LogP contribution in [0.25, 0.3) is 0 Å². The van der Waals surface area contributed by atoms with Crippen LogP contribution < -0.4 is 10.1 Å². The van der Waals surface area contributed by atoms with E-state index in [4.69, 9.17) is 9.47 Å². The Labute approximate surface area is 96.2 Å². The molecule has 1 N–H and O–H groups in total. The first kappa shape index (κ1) is 12.7. The number of nitrogens with zero attached hydrogens (tertiary/aromatic N) is 2. The second-order valence-corrected chi connectivity index (χ2v) is 3.32. The molecule has 0 fully saturated rings. The summed E-state index contributed by atoms with van der Waals surface area (Å²) >= 11 is 0. The first-order valence-corrected chi connectivity index (χ1v) is 5.53. The fourth-order valence-corrected chi connectivity index (χ4v) is 1.22. The van der Waals surface area contributed by atoms with Crippen LogP contribution in [0.1, 0.15) is 26.1 Å². The van der Waals surface area contributed by atoms with Crippen molar-refractivity contribution in [2.75, 3.05) is 25.6 Å².